The lowest BCUT2D eigenvalue weighted by Crippen LogP contribution is -2.21. The van der Waals surface area contributed by atoms with Crippen LogP contribution in [-0.4, -0.2) is 10.9 Å². The highest BCUT2D eigenvalue weighted by Crippen LogP contribution is 2.21. The molecule has 110 valence electrons. The van der Waals surface area contributed by atoms with Gasteiger partial charge in [-0.25, -0.2) is 4.39 Å². The zero-order chi connectivity index (χ0) is 15.1. The average Bonchev–Trinajstić information content (AvgIpc) is 2.90. The molecule has 0 unspecified atom stereocenters. The minimum absolute atomic E-state index is 0.0108. The quantitative estimate of drug-likeness (QED) is 0.874. The minimum atomic E-state index is -0.214. The van der Waals surface area contributed by atoms with Crippen molar-refractivity contribution < 1.29 is 9.18 Å². The van der Waals surface area contributed by atoms with Gasteiger partial charge in [0.05, 0.1) is 6.54 Å². The number of hydrogen-bond acceptors (Lipinski definition) is 1. The van der Waals surface area contributed by atoms with Crippen LogP contribution in [0.15, 0.2) is 18.2 Å². The highest BCUT2D eigenvalue weighted by Gasteiger charge is 2.08. The van der Waals surface area contributed by atoms with Crippen LogP contribution in [0.5, 0.6) is 0 Å². The van der Waals surface area contributed by atoms with E-state index in [9.17, 15) is 9.18 Å². The van der Waals surface area contributed by atoms with E-state index in [0.29, 0.717) is 18.4 Å². The largest absolute Gasteiger partial charge is 0.357 e. The van der Waals surface area contributed by atoms with Gasteiger partial charge in [-0.1, -0.05) is 27.7 Å². The number of amides is 1. The van der Waals surface area contributed by atoms with Crippen molar-refractivity contribution in [1.29, 1.82) is 0 Å². The normalized spacial score (nSPS) is 10.1. The number of halogens is 1. The fourth-order valence-electron chi connectivity index (χ4n) is 1.93. The molecule has 20 heavy (non-hydrogen) atoms. The van der Waals surface area contributed by atoms with Gasteiger partial charge in [0.15, 0.2) is 0 Å². The molecule has 0 saturated carbocycles. The Bertz CT molecular complexity index is 575. The van der Waals surface area contributed by atoms with Gasteiger partial charge in [-0.3, -0.25) is 4.79 Å². The summed E-state index contributed by atoms with van der Waals surface area (Å²) in [6.45, 7) is 8.20. The van der Waals surface area contributed by atoms with Crippen molar-refractivity contribution in [3.8, 4) is 0 Å². The Kier molecular flexibility index (Phi) is 6.22. The molecule has 0 fully saturated rings. The Morgan fingerprint density at radius 3 is 2.55 bits per heavy atom. The molecular weight excluding hydrogens is 255 g/mol. The standard InChI is InChI=1S/C14H17FN2O.C2H6/c1-3-9-5-12(15)11-7-10(17-13(11)6-9)8-16-14(18)4-2;1-2/h5-7,17H,3-4,8H2,1-2H3,(H,16,18);1-2H3. The van der Waals surface area contributed by atoms with Gasteiger partial charge in [0.25, 0.3) is 0 Å². The van der Waals surface area contributed by atoms with Gasteiger partial charge in [-0.05, 0) is 30.2 Å². The summed E-state index contributed by atoms with van der Waals surface area (Å²) in [5.41, 5.74) is 2.57. The molecule has 0 bridgehead atoms. The third kappa shape index (κ3) is 3.83. The maximum Gasteiger partial charge on any atom is 0.220 e. The third-order valence-corrected chi connectivity index (χ3v) is 3.01. The third-order valence-electron chi connectivity index (χ3n) is 3.01. The van der Waals surface area contributed by atoms with Crippen molar-refractivity contribution in [2.45, 2.75) is 47.1 Å². The first kappa shape index (κ1) is 16.2. The van der Waals surface area contributed by atoms with E-state index in [0.717, 1.165) is 23.2 Å². The summed E-state index contributed by atoms with van der Waals surface area (Å²) in [6.07, 6.45) is 1.25. The molecule has 3 nitrogen and oxygen atoms in total. The fraction of sp³-hybridized carbons (Fsp3) is 0.438. The zero-order valence-electron chi connectivity index (χ0n) is 12.6. The summed E-state index contributed by atoms with van der Waals surface area (Å²) in [6, 6.07) is 5.26. The van der Waals surface area contributed by atoms with Crippen LogP contribution in [0, 0.1) is 5.82 Å². The molecule has 1 aromatic carbocycles. The molecule has 0 aliphatic heterocycles. The summed E-state index contributed by atoms with van der Waals surface area (Å²) in [4.78, 5) is 14.3. The zero-order valence-corrected chi connectivity index (χ0v) is 12.6. The highest BCUT2D eigenvalue weighted by atomic mass is 19.1. The lowest BCUT2D eigenvalue weighted by molar-refractivity contribution is -0.120. The Hall–Kier alpha value is -1.84. The van der Waals surface area contributed by atoms with Crippen molar-refractivity contribution in [3.63, 3.8) is 0 Å². The monoisotopic (exact) mass is 278 g/mol. The van der Waals surface area contributed by atoms with Crippen LogP contribution in [0.4, 0.5) is 4.39 Å². The summed E-state index contributed by atoms with van der Waals surface area (Å²) < 4.78 is 13.8. The number of aryl methyl sites for hydroxylation is 1. The molecule has 0 atom stereocenters. The first-order valence-electron chi connectivity index (χ1n) is 7.20. The number of hydrogen-bond donors (Lipinski definition) is 2. The van der Waals surface area contributed by atoms with Crippen molar-refractivity contribution in [1.82, 2.24) is 10.3 Å². The van der Waals surface area contributed by atoms with Crippen LogP contribution in [0.1, 0.15) is 45.4 Å². The highest BCUT2D eigenvalue weighted by molar-refractivity contribution is 5.82. The number of carbonyl (C=O) groups is 1. The molecule has 1 heterocycles. The lowest BCUT2D eigenvalue weighted by Gasteiger charge is -2.00. The van der Waals surface area contributed by atoms with E-state index in [-0.39, 0.29) is 11.7 Å². The molecule has 1 amide bonds. The number of rotatable bonds is 4. The molecule has 0 aliphatic carbocycles. The molecule has 0 radical (unpaired) electrons. The molecule has 0 saturated heterocycles. The van der Waals surface area contributed by atoms with Gasteiger partial charge in [0.1, 0.15) is 5.82 Å². The molecule has 2 aromatic rings. The van der Waals surface area contributed by atoms with Gasteiger partial charge in [0.2, 0.25) is 5.91 Å². The van der Waals surface area contributed by atoms with Crippen LogP contribution < -0.4 is 5.32 Å². The summed E-state index contributed by atoms with van der Waals surface area (Å²) in [5, 5.41) is 3.34. The Balaban J connectivity index is 0.000000956. The Labute approximate surface area is 119 Å². The van der Waals surface area contributed by atoms with E-state index in [1.807, 2.05) is 26.8 Å². The molecular formula is C16H23FN2O. The fourth-order valence-corrected chi connectivity index (χ4v) is 1.93. The number of fused-ring (bicyclic) bond motifs is 1. The van der Waals surface area contributed by atoms with Crippen LogP contribution in [0.2, 0.25) is 0 Å². The summed E-state index contributed by atoms with van der Waals surface area (Å²) in [5.74, 6) is -0.225. The van der Waals surface area contributed by atoms with Crippen LogP contribution in [-0.2, 0) is 17.8 Å². The number of carbonyl (C=O) groups excluding carboxylic acids is 1. The van der Waals surface area contributed by atoms with Crippen LogP contribution in [0.25, 0.3) is 10.9 Å². The van der Waals surface area contributed by atoms with Crippen molar-refractivity contribution in [2.24, 2.45) is 0 Å². The second kappa shape index (κ2) is 7.68. The Morgan fingerprint density at radius 2 is 1.95 bits per heavy atom. The molecule has 1 aromatic heterocycles. The molecule has 4 heteroatoms. The van der Waals surface area contributed by atoms with Gasteiger partial charge >= 0.3 is 0 Å². The van der Waals surface area contributed by atoms with Gasteiger partial charge in [-0.15, -0.1) is 0 Å². The average molecular weight is 278 g/mol. The summed E-state index contributed by atoms with van der Waals surface area (Å²) >= 11 is 0. The number of benzene rings is 1. The maximum absolute atomic E-state index is 13.8. The Morgan fingerprint density at radius 1 is 1.25 bits per heavy atom. The van der Waals surface area contributed by atoms with Gasteiger partial charge in [-0.2, -0.15) is 0 Å². The molecule has 2 rings (SSSR count). The van der Waals surface area contributed by atoms with Gasteiger partial charge < -0.3 is 10.3 Å². The number of nitrogens with one attached hydrogen (secondary N) is 2. The van der Waals surface area contributed by atoms with Crippen LogP contribution in [0.3, 0.4) is 0 Å². The van der Waals surface area contributed by atoms with Crippen LogP contribution >= 0.6 is 0 Å². The first-order chi connectivity index (χ1) is 9.63. The SMILES string of the molecule is CC.CCC(=O)NCc1cc2c(F)cc(CC)cc2[nH]1. The van der Waals surface area contributed by atoms with E-state index in [1.54, 1.807) is 19.1 Å². The van der Waals surface area contributed by atoms with Crippen molar-refractivity contribution in [2.75, 3.05) is 0 Å². The molecule has 0 aliphatic rings. The predicted molar refractivity (Wildman–Crippen MR) is 81.1 cm³/mol. The van der Waals surface area contributed by atoms with Gasteiger partial charge in [0, 0.05) is 23.0 Å². The predicted octanol–water partition coefficient (Wildman–Crippen LogP) is 3.92. The smallest absolute Gasteiger partial charge is 0.220 e. The van der Waals surface area contributed by atoms with E-state index in [2.05, 4.69) is 10.3 Å². The topological polar surface area (TPSA) is 44.9 Å². The maximum atomic E-state index is 13.8. The molecule has 0 spiro atoms. The van der Waals surface area contributed by atoms with E-state index >= 15 is 0 Å². The number of aromatic nitrogens is 1. The van der Waals surface area contributed by atoms with Crippen molar-refractivity contribution in [3.05, 3.63) is 35.3 Å². The summed E-state index contributed by atoms with van der Waals surface area (Å²) in [7, 11) is 0. The molecule has 2 N–H and O–H groups in total. The second-order valence-electron chi connectivity index (χ2n) is 4.32. The van der Waals surface area contributed by atoms with Crippen molar-refractivity contribution >= 4 is 16.8 Å². The minimum Gasteiger partial charge on any atom is -0.357 e. The first-order valence-corrected chi connectivity index (χ1v) is 7.20. The number of aromatic amines is 1. The second-order valence-corrected chi connectivity index (χ2v) is 4.32. The van der Waals surface area contributed by atoms with E-state index in [4.69, 9.17) is 0 Å². The lowest BCUT2D eigenvalue weighted by atomic mass is 10.1. The number of H-pyrrole nitrogens is 1. The van der Waals surface area contributed by atoms with E-state index < -0.39 is 0 Å². The van der Waals surface area contributed by atoms with E-state index in [1.165, 1.54) is 0 Å².